The lowest BCUT2D eigenvalue weighted by molar-refractivity contribution is -0.383. The van der Waals surface area contributed by atoms with Gasteiger partial charge in [0.2, 0.25) is 0 Å². The predicted octanol–water partition coefficient (Wildman–Crippen LogP) is 3.14. The summed E-state index contributed by atoms with van der Waals surface area (Å²) in [5, 5.41) is 20.3. The van der Waals surface area contributed by atoms with Crippen LogP contribution < -0.4 is 10.6 Å². The molecule has 0 saturated heterocycles. The number of nitro benzene ring substituents is 1. The van der Waals surface area contributed by atoms with Crippen molar-refractivity contribution >= 4 is 28.4 Å². The Hall–Kier alpha value is -2.15. The predicted molar refractivity (Wildman–Crippen MR) is 81.6 cm³/mol. The van der Waals surface area contributed by atoms with Crippen LogP contribution in [0.3, 0.4) is 0 Å². The van der Waals surface area contributed by atoms with Crippen molar-refractivity contribution in [1.29, 1.82) is 0 Å². The van der Waals surface area contributed by atoms with E-state index in [4.69, 9.17) is 0 Å². The Morgan fingerprint density at radius 1 is 1.35 bits per heavy atom. The molecule has 0 saturated carbocycles. The second kappa shape index (κ2) is 6.85. The fourth-order valence-electron chi connectivity index (χ4n) is 1.90. The summed E-state index contributed by atoms with van der Waals surface area (Å²) in [4.78, 5) is 15.1. The molecule has 0 aliphatic rings. The second-order valence-electron chi connectivity index (χ2n) is 4.09. The lowest BCUT2D eigenvalue weighted by atomic mass is 10.2. The molecular weight excluding hydrogens is 276 g/mol. The average molecular weight is 292 g/mol. The smallest absolute Gasteiger partial charge is 0.315 e. The number of nitro groups is 1. The quantitative estimate of drug-likeness (QED) is 0.605. The van der Waals surface area contributed by atoms with Crippen molar-refractivity contribution in [1.82, 2.24) is 4.98 Å². The highest BCUT2D eigenvalue weighted by atomic mass is 32.1. The molecule has 20 heavy (non-hydrogen) atoms. The van der Waals surface area contributed by atoms with Gasteiger partial charge in [-0.3, -0.25) is 10.1 Å². The van der Waals surface area contributed by atoms with Gasteiger partial charge in [-0.1, -0.05) is 6.07 Å². The number of hydrogen-bond donors (Lipinski definition) is 2. The maximum Gasteiger partial charge on any atom is 0.315 e. The minimum absolute atomic E-state index is 0.0912. The summed E-state index contributed by atoms with van der Waals surface area (Å²) in [6, 6.07) is 5.24. The van der Waals surface area contributed by atoms with E-state index in [-0.39, 0.29) is 10.6 Å². The molecule has 7 heteroatoms. The van der Waals surface area contributed by atoms with Crippen molar-refractivity contribution < 1.29 is 4.92 Å². The molecule has 2 rings (SSSR count). The van der Waals surface area contributed by atoms with E-state index in [1.165, 1.54) is 0 Å². The fourth-order valence-corrected chi connectivity index (χ4v) is 2.52. The maximum absolute atomic E-state index is 11.2. The Labute approximate surface area is 121 Å². The number of aromatic nitrogens is 1. The molecule has 0 unspecified atom stereocenters. The standard InChI is InChI=1S/C13H16N4O2S/c1-2-14-10-4-3-5-11(13(10)17(18)19)15-7-6-12-16-8-9-20-12/h3-5,8-9,14-15H,2,6-7H2,1H3. The highest BCUT2D eigenvalue weighted by Gasteiger charge is 2.18. The molecule has 2 N–H and O–H groups in total. The molecule has 0 spiro atoms. The van der Waals surface area contributed by atoms with Gasteiger partial charge in [0.15, 0.2) is 0 Å². The van der Waals surface area contributed by atoms with E-state index in [9.17, 15) is 10.1 Å². The van der Waals surface area contributed by atoms with Crippen LogP contribution in [-0.2, 0) is 6.42 Å². The normalized spacial score (nSPS) is 10.2. The van der Waals surface area contributed by atoms with Gasteiger partial charge in [-0.15, -0.1) is 11.3 Å². The van der Waals surface area contributed by atoms with Gasteiger partial charge in [-0.2, -0.15) is 0 Å². The van der Waals surface area contributed by atoms with Crippen molar-refractivity contribution in [2.75, 3.05) is 23.7 Å². The van der Waals surface area contributed by atoms with Crippen LogP contribution in [0.5, 0.6) is 0 Å². The van der Waals surface area contributed by atoms with E-state index in [1.807, 2.05) is 12.3 Å². The monoisotopic (exact) mass is 292 g/mol. The van der Waals surface area contributed by atoms with Crippen LogP contribution in [0.2, 0.25) is 0 Å². The first kappa shape index (κ1) is 14.3. The summed E-state index contributed by atoms with van der Waals surface area (Å²) in [5.74, 6) is 0. The molecule has 0 radical (unpaired) electrons. The highest BCUT2D eigenvalue weighted by Crippen LogP contribution is 2.32. The molecular formula is C13H16N4O2S. The second-order valence-corrected chi connectivity index (χ2v) is 5.07. The van der Waals surface area contributed by atoms with E-state index >= 15 is 0 Å². The van der Waals surface area contributed by atoms with Crippen LogP contribution in [0, 0.1) is 10.1 Å². The Morgan fingerprint density at radius 2 is 2.10 bits per heavy atom. The number of thiazole rings is 1. The maximum atomic E-state index is 11.2. The van der Waals surface area contributed by atoms with E-state index in [0.717, 1.165) is 11.4 Å². The number of anilines is 2. The summed E-state index contributed by atoms with van der Waals surface area (Å²) in [6.45, 7) is 3.17. The SMILES string of the molecule is CCNc1cccc(NCCc2nccs2)c1[N+](=O)[O-]. The Balaban J connectivity index is 2.09. The van der Waals surface area contributed by atoms with Crippen molar-refractivity contribution in [3.8, 4) is 0 Å². The average Bonchev–Trinajstić information content (AvgIpc) is 2.92. The summed E-state index contributed by atoms with van der Waals surface area (Å²) in [7, 11) is 0. The Kier molecular flexibility index (Phi) is 4.89. The molecule has 1 aromatic carbocycles. The van der Waals surface area contributed by atoms with Crippen LogP contribution in [0.4, 0.5) is 17.1 Å². The summed E-state index contributed by atoms with van der Waals surface area (Å²) in [6.07, 6.45) is 2.51. The van der Waals surface area contributed by atoms with Gasteiger partial charge in [-0.05, 0) is 19.1 Å². The Bertz CT molecular complexity index is 572. The topological polar surface area (TPSA) is 80.1 Å². The van der Waals surface area contributed by atoms with Crippen LogP contribution in [0.1, 0.15) is 11.9 Å². The van der Waals surface area contributed by atoms with Gasteiger partial charge in [0.05, 0.1) is 9.93 Å². The lowest BCUT2D eigenvalue weighted by Gasteiger charge is -2.10. The zero-order valence-electron chi connectivity index (χ0n) is 11.1. The van der Waals surface area contributed by atoms with E-state index in [2.05, 4.69) is 15.6 Å². The van der Waals surface area contributed by atoms with Crippen molar-refractivity contribution in [2.45, 2.75) is 13.3 Å². The largest absolute Gasteiger partial charge is 0.380 e. The summed E-state index contributed by atoms with van der Waals surface area (Å²) in [5.41, 5.74) is 1.16. The van der Waals surface area contributed by atoms with Crippen molar-refractivity contribution in [3.63, 3.8) is 0 Å². The number of nitrogens with one attached hydrogen (secondary N) is 2. The highest BCUT2D eigenvalue weighted by molar-refractivity contribution is 7.09. The van der Waals surface area contributed by atoms with Gasteiger partial charge in [0, 0.05) is 31.1 Å². The molecule has 0 aliphatic heterocycles. The molecule has 0 aliphatic carbocycles. The molecule has 1 aromatic heterocycles. The number of rotatable bonds is 7. The van der Waals surface area contributed by atoms with Gasteiger partial charge in [0.25, 0.3) is 0 Å². The number of nitrogens with zero attached hydrogens (tertiary/aromatic N) is 2. The first-order chi connectivity index (χ1) is 9.72. The van der Waals surface area contributed by atoms with Crippen LogP contribution in [-0.4, -0.2) is 23.0 Å². The van der Waals surface area contributed by atoms with Crippen LogP contribution in [0.25, 0.3) is 0 Å². The van der Waals surface area contributed by atoms with Gasteiger partial charge >= 0.3 is 5.69 Å². The third-order valence-electron chi connectivity index (χ3n) is 2.72. The van der Waals surface area contributed by atoms with Crippen molar-refractivity contribution in [2.24, 2.45) is 0 Å². The molecule has 2 aromatic rings. The lowest BCUT2D eigenvalue weighted by Crippen LogP contribution is -2.09. The zero-order valence-corrected chi connectivity index (χ0v) is 11.9. The third kappa shape index (κ3) is 3.45. The fraction of sp³-hybridized carbons (Fsp3) is 0.308. The number of para-hydroxylation sites is 1. The molecule has 0 fully saturated rings. The molecule has 0 amide bonds. The molecule has 6 nitrogen and oxygen atoms in total. The molecule has 0 atom stereocenters. The van der Waals surface area contributed by atoms with Crippen LogP contribution in [0.15, 0.2) is 29.8 Å². The summed E-state index contributed by atoms with van der Waals surface area (Å²) >= 11 is 1.58. The molecule has 106 valence electrons. The number of hydrogen-bond acceptors (Lipinski definition) is 6. The van der Waals surface area contributed by atoms with Crippen LogP contribution >= 0.6 is 11.3 Å². The van der Waals surface area contributed by atoms with Gasteiger partial charge < -0.3 is 10.6 Å². The van der Waals surface area contributed by atoms with E-state index < -0.39 is 0 Å². The first-order valence-electron chi connectivity index (χ1n) is 6.36. The van der Waals surface area contributed by atoms with Gasteiger partial charge in [0.1, 0.15) is 11.4 Å². The molecule has 0 bridgehead atoms. The van der Waals surface area contributed by atoms with Crippen molar-refractivity contribution in [3.05, 3.63) is 44.9 Å². The minimum Gasteiger partial charge on any atom is -0.380 e. The van der Waals surface area contributed by atoms with E-state index in [0.29, 0.717) is 24.5 Å². The Morgan fingerprint density at radius 3 is 2.70 bits per heavy atom. The third-order valence-corrected chi connectivity index (χ3v) is 3.56. The first-order valence-corrected chi connectivity index (χ1v) is 7.24. The molecule has 1 heterocycles. The zero-order chi connectivity index (χ0) is 14.4. The summed E-state index contributed by atoms with van der Waals surface area (Å²) < 4.78 is 0. The van der Waals surface area contributed by atoms with Gasteiger partial charge in [-0.25, -0.2) is 4.98 Å². The van der Waals surface area contributed by atoms with E-state index in [1.54, 1.807) is 35.7 Å². The number of benzene rings is 1. The minimum atomic E-state index is -0.357.